The van der Waals surface area contributed by atoms with Crippen LogP contribution in [0.1, 0.15) is 117 Å². The zero-order valence-electron chi connectivity index (χ0n) is 23.5. The van der Waals surface area contributed by atoms with Gasteiger partial charge in [-0.2, -0.15) is 0 Å². The lowest BCUT2D eigenvalue weighted by molar-refractivity contribution is -0.144. The molecule has 0 radical (unpaired) electrons. The van der Waals surface area contributed by atoms with Gasteiger partial charge in [-0.15, -0.1) is 0 Å². The molecule has 4 aliphatic rings. The molecule has 7 atom stereocenters. The van der Waals surface area contributed by atoms with Crippen molar-refractivity contribution in [2.24, 2.45) is 5.92 Å². The molecule has 4 rings (SSSR count). The molecule has 37 heavy (non-hydrogen) atoms. The third kappa shape index (κ3) is 9.55. The van der Waals surface area contributed by atoms with E-state index in [-0.39, 0.29) is 42.3 Å². The van der Waals surface area contributed by atoms with E-state index in [4.69, 9.17) is 18.9 Å². The van der Waals surface area contributed by atoms with Gasteiger partial charge in [0.05, 0.1) is 30.3 Å². The van der Waals surface area contributed by atoms with E-state index in [2.05, 4.69) is 27.0 Å². The summed E-state index contributed by atoms with van der Waals surface area (Å²) in [5, 5.41) is 0. The molecule has 4 aliphatic heterocycles. The number of rotatable bonds is 12. The average Bonchev–Trinajstić information content (AvgIpc) is 3.62. The van der Waals surface area contributed by atoms with Gasteiger partial charge in [0, 0.05) is 6.42 Å². The normalized spacial score (nSPS) is 33.4. The Morgan fingerprint density at radius 1 is 0.730 bits per heavy atom. The number of cyclic esters (lactones) is 2. The summed E-state index contributed by atoms with van der Waals surface area (Å²) in [6, 6.07) is 0. The number of esters is 2. The molecule has 0 unspecified atom stereocenters. The molecule has 0 aromatic rings. The van der Waals surface area contributed by atoms with E-state index >= 15 is 0 Å². The van der Waals surface area contributed by atoms with Crippen LogP contribution in [-0.2, 0) is 28.5 Å². The second-order valence-electron chi connectivity index (χ2n) is 11.5. The van der Waals surface area contributed by atoms with Crippen LogP contribution in [-0.4, -0.2) is 48.6 Å². The topological polar surface area (TPSA) is 71.1 Å². The summed E-state index contributed by atoms with van der Waals surface area (Å²) in [6.45, 7) is 14.6. The summed E-state index contributed by atoms with van der Waals surface area (Å²) in [7, 11) is 0. The fourth-order valence-corrected chi connectivity index (χ4v) is 5.81. The lowest BCUT2D eigenvalue weighted by atomic mass is 9.99. The third-order valence-electron chi connectivity index (χ3n) is 8.13. The molecule has 0 aromatic heterocycles. The molecule has 0 N–H and O–H groups in total. The fraction of sp³-hybridized carbons (Fsp3) is 0.806. The molecule has 0 saturated carbocycles. The molecular weight excluding hydrogens is 468 g/mol. The predicted molar refractivity (Wildman–Crippen MR) is 145 cm³/mol. The number of carbonyl (C=O) groups is 2. The lowest BCUT2D eigenvalue weighted by Crippen LogP contribution is -2.15. The first-order valence-corrected chi connectivity index (χ1v) is 14.8. The molecule has 0 aromatic carbocycles. The van der Waals surface area contributed by atoms with E-state index in [1.807, 2.05) is 6.92 Å². The third-order valence-corrected chi connectivity index (χ3v) is 8.13. The van der Waals surface area contributed by atoms with Gasteiger partial charge in [0.15, 0.2) is 0 Å². The van der Waals surface area contributed by atoms with Gasteiger partial charge in [-0.25, -0.2) is 0 Å². The number of ether oxygens (including phenoxy) is 4. The highest BCUT2D eigenvalue weighted by molar-refractivity contribution is 5.74. The SMILES string of the molecule is C=C1C[C@H](CCCC)O[C@H]1CC[C@@H]1CCC(=O)O1.C=C1C[C@H](CCCC)O[C@H]1CC[C@@H]1C[C@@H](C)C(=O)O1. The smallest absolute Gasteiger partial charge is 0.309 e. The van der Waals surface area contributed by atoms with Gasteiger partial charge in [0.25, 0.3) is 0 Å². The first-order chi connectivity index (χ1) is 17.8. The van der Waals surface area contributed by atoms with E-state index in [0.717, 1.165) is 64.2 Å². The Kier molecular flexibility index (Phi) is 12.2. The van der Waals surface area contributed by atoms with Crippen LogP contribution in [0.3, 0.4) is 0 Å². The summed E-state index contributed by atoms with van der Waals surface area (Å²) >= 11 is 0. The van der Waals surface area contributed by atoms with Crippen LogP contribution in [0.25, 0.3) is 0 Å². The van der Waals surface area contributed by atoms with Crippen LogP contribution in [0.15, 0.2) is 24.3 Å². The first-order valence-electron chi connectivity index (χ1n) is 14.8. The lowest BCUT2D eigenvalue weighted by Gasteiger charge is -2.15. The molecule has 0 amide bonds. The molecule has 0 bridgehead atoms. The molecule has 210 valence electrons. The Morgan fingerprint density at radius 3 is 1.70 bits per heavy atom. The van der Waals surface area contributed by atoms with Gasteiger partial charge in [-0.05, 0) is 75.4 Å². The molecule has 6 nitrogen and oxygen atoms in total. The second kappa shape index (κ2) is 15.1. The first kappa shape index (κ1) is 29.9. The van der Waals surface area contributed by atoms with Gasteiger partial charge in [0.1, 0.15) is 12.2 Å². The molecule has 4 saturated heterocycles. The van der Waals surface area contributed by atoms with E-state index in [1.54, 1.807) is 0 Å². The summed E-state index contributed by atoms with van der Waals surface area (Å²) in [6.07, 6.45) is 16.5. The highest BCUT2D eigenvalue weighted by Crippen LogP contribution is 2.33. The van der Waals surface area contributed by atoms with Gasteiger partial charge in [-0.1, -0.05) is 59.6 Å². The van der Waals surface area contributed by atoms with Gasteiger partial charge >= 0.3 is 11.9 Å². The van der Waals surface area contributed by atoms with Crippen LogP contribution in [0, 0.1) is 5.92 Å². The second-order valence-corrected chi connectivity index (χ2v) is 11.5. The number of unbranched alkanes of at least 4 members (excludes halogenated alkanes) is 2. The van der Waals surface area contributed by atoms with Gasteiger partial charge in [-0.3, -0.25) is 9.59 Å². The van der Waals surface area contributed by atoms with E-state index in [9.17, 15) is 9.59 Å². The molecule has 0 spiro atoms. The maximum absolute atomic E-state index is 11.3. The van der Waals surface area contributed by atoms with Crippen molar-refractivity contribution in [3.63, 3.8) is 0 Å². The minimum absolute atomic E-state index is 0.0445. The van der Waals surface area contributed by atoms with Crippen LogP contribution in [0.4, 0.5) is 0 Å². The van der Waals surface area contributed by atoms with E-state index < -0.39 is 0 Å². The van der Waals surface area contributed by atoms with Crippen molar-refractivity contribution in [1.29, 1.82) is 0 Å². The van der Waals surface area contributed by atoms with Crippen molar-refractivity contribution in [1.82, 2.24) is 0 Å². The van der Waals surface area contributed by atoms with Crippen LogP contribution < -0.4 is 0 Å². The number of hydrogen-bond acceptors (Lipinski definition) is 6. The van der Waals surface area contributed by atoms with Crippen LogP contribution >= 0.6 is 0 Å². The minimum atomic E-state index is -0.0491. The maximum atomic E-state index is 11.3. The Bertz CT molecular complexity index is 776. The number of carbonyl (C=O) groups excluding carboxylic acids is 2. The molecule has 0 aliphatic carbocycles. The monoisotopic (exact) mass is 518 g/mol. The minimum Gasteiger partial charge on any atom is -0.462 e. The summed E-state index contributed by atoms with van der Waals surface area (Å²) in [4.78, 5) is 22.4. The van der Waals surface area contributed by atoms with Crippen molar-refractivity contribution in [3.8, 4) is 0 Å². The van der Waals surface area contributed by atoms with Crippen molar-refractivity contribution >= 4 is 11.9 Å². The van der Waals surface area contributed by atoms with Crippen molar-refractivity contribution < 1.29 is 28.5 Å². The largest absolute Gasteiger partial charge is 0.462 e. The quantitative estimate of drug-likeness (QED) is 0.205. The molecule has 4 fully saturated rings. The standard InChI is InChI=1S/C16H26O3.C15H24O3/c1-4-5-6-13-9-11(2)15(18-13)8-7-14-10-12(3)16(17)19-14;1-3-4-5-13-10-11(2)14(17-13)8-6-12-7-9-15(16)18-12/h12-15H,2,4-10H2,1,3H3;12-14H,2-10H2,1H3/t12-,13+,14-,15+;12-,13+,14+/m11/s1. The summed E-state index contributed by atoms with van der Waals surface area (Å²) in [5.74, 6) is -0.0287. The Morgan fingerprint density at radius 2 is 1.27 bits per heavy atom. The van der Waals surface area contributed by atoms with Crippen molar-refractivity contribution in [3.05, 3.63) is 24.3 Å². The highest BCUT2D eigenvalue weighted by atomic mass is 16.6. The molecule has 6 heteroatoms. The Hall–Kier alpha value is -1.66. The van der Waals surface area contributed by atoms with E-state index in [1.165, 1.54) is 36.8 Å². The Labute approximate surface area is 224 Å². The van der Waals surface area contributed by atoms with Crippen molar-refractivity contribution in [2.75, 3.05) is 0 Å². The van der Waals surface area contributed by atoms with Crippen molar-refractivity contribution in [2.45, 2.75) is 154 Å². The number of hydrogen-bond donors (Lipinski definition) is 0. The highest BCUT2D eigenvalue weighted by Gasteiger charge is 2.34. The van der Waals surface area contributed by atoms with Crippen LogP contribution in [0.2, 0.25) is 0 Å². The Balaban J connectivity index is 0.000000206. The van der Waals surface area contributed by atoms with Gasteiger partial charge in [0.2, 0.25) is 0 Å². The van der Waals surface area contributed by atoms with Gasteiger partial charge < -0.3 is 18.9 Å². The van der Waals surface area contributed by atoms with Crippen LogP contribution in [0.5, 0.6) is 0 Å². The summed E-state index contributed by atoms with van der Waals surface area (Å²) in [5.41, 5.74) is 2.44. The average molecular weight is 519 g/mol. The fourth-order valence-electron chi connectivity index (χ4n) is 5.81. The zero-order valence-corrected chi connectivity index (χ0v) is 23.5. The summed E-state index contributed by atoms with van der Waals surface area (Å²) < 4.78 is 22.6. The zero-order chi connectivity index (χ0) is 26.8. The maximum Gasteiger partial charge on any atom is 0.309 e. The predicted octanol–water partition coefficient (Wildman–Crippen LogP) is 7.00. The van der Waals surface area contributed by atoms with E-state index in [0.29, 0.717) is 18.6 Å². The molecule has 4 heterocycles. The molecular formula is C31H50O6.